The molecule has 0 bridgehead atoms. The molecule has 1 aliphatic carbocycles. The number of carbonyl (C=O) groups excluding carboxylic acids is 1. The van der Waals surface area contributed by atoms with Gasteiger partial charge < -0.3 is 4.90 Å². The molecular weight excluding hydrogens is 438 g/mol. The van der Waals surface area contributed by atoms with Crippen molar-refractivity contribution in [2.75, 3.05) is 17.8 Å². The highest BCUT2D eigenvalue weighted by Gasteiger charge is 2.55. The van der Waals surface area contributed by atoms with E-state index in [0.29, 0.717) is 6.54 Å². The van der Waals surface area contributed by atoms with Crippen molar-refractivity contribution in [3.05, 3.63) is 88.5 Å². The van der Waals surface area contributed by atoms with Crippen LogP contribution in [0.15, 0.2) is 71.4 Å². The molecule has 0 saturated carbocycles. The molecular formula is C26H26ClN3OS. The van der Waals surface area contributed by atoms with Crippen LogP contribution in [0.3, 0.4) is 0 Å². The fourth-order valence-electron chi connectivity index (χ4n) is 4.08. The van der Waals surface area contributed by atoms with Crippen molar-refractivity contribution < 1.29 is 4.79 Å². The molecule has 0 fully saturated rings. The molecule has 2 heterocycles. The summed E-state index contributed by atoms with van der Waals surface area (Å²) in [5, 5.41) is 5.51. The van der Waals surface area contributed by atoms with Crippen molar-refractivity contribution in [2.45, 2.75) is 25.1 Å². The smallest absolute Gasteiger partial charge is 0.270 e. The first-order valence-electron chi connectivity index (χ1n) is 10.5. The number of hydrogen-bond donors (Lipinski definition) is 1. The van der Waals surface area contributed by atoms with Crippen LogP contribution in [-0.4, -0.2) is 23.9 Å². The van der Waals surface area contributed by atoms with E-state index < -0.39 is 4.87 Å². The summed E-state index contributed by atoms with van der Waals surface area (Å²) in [6.07, 6.45) is 13.1. The van der Waals surface area contributed by atoms with E-state index in [1.54, 1.807) is 0 Å². The average Bonchev–Trinajstić information content (AvgIpc) is 3.24. The van der Waals surface area contributed by atoms with E-state index in [9.17, 15) is 4.79 Å². The highest BCUT2D eigenvalue weighted by molar-refractivity contribution is 8.16. The fourth-order valence-corrected chi connectivity index (χ4v) is 5.32. The predicted molar refractivity (Wildman–Crippen MR) is 138 cm³/mol. The number of hydrogen-bond acceptors (Lipinski definition) is 4. The minimum Gasteiger partial charge on any atom is -0.305 e. The molecule has 4 nitrogen and oxygen atoms in total. The van der Waals surface area contributed by atoms with Gasteiger partial charge >= 0.3 is 0 Å². The van der Waals surface area contributed by atoms with Gasteiger partial charge in [0.1, 0.15) is 5.04 Å². The Balaban J connectivity index is 0.00000119. The minimum atomic E-state index is -0.908. The molecule has 1 N–H and O–H groups in total. The second-order valence-corrected chi connectivity index (χ2v) is 9.08. The molecule has 2 aromatic carbocycles. The zero-order valence-electron chi connectivity index (χ0n) is 18.4. The molecule has 6 heteroatoms. The standard InChI is InChI=1S/C25H23N3OS.CH3Cl/c1-17(2)15-16-28-22-14-7-6-13-21(22)25(24(28)29)27-26-23(30-25)20-12-8-10-18-9-4-3-5-11-19(18)20;1-2/h4-15,27H,3,16H2,1-2H3;1H3. The number of amides is 1. The summed E-state index contributed by atoms with van der Waals surface area (Å²) in [5.41, 5.74) is 9.71. The van der Waals surface area contributed by atoms with Crippen molar-refractivity contribution in [3.8, 4) is 0 Å². The SMILES string of the molecule is CC(C)=CCN1C(=O)C2(NN=C(c3cccc4c3C=CCC=C4)S2)c2ccccc21.CCl. The van der Waals surface area contributed by atoms with Gasteiger partial charge in [-0.25, -0.2) is 0 Å². The Labute approximate surface area is 198 Å². The van der Waals surface area contributed by atoms with E-state index in [1.165, 1.54) is 29.3 Å². The van der Waals surface area contributed by atoms with Gasteiger partial charge in [-0.2, -0.15) is 5.10 Å². The second-order valence-electron chi connectivity index (χ2n) is 7.88. The second kappa shape index (κ2) is 9.39. The molecule has 32 heavy (non-hydrogen) atoms. The van der Waals surface area contributed by atoms with Gasteiger partial charge in [0.25, 0.3) is 5.91 Å². The zero-order valence-corrected chi connectivity index (χ0v) is 20.0. The van der Waals surface area contributed by atoms with Gasteiger partial charge in [-0.15, -0.1) is 11.6 Å². The molecule has 5 rings (SSSR count). The Bertz CT molecular complexity index is 1160. The van der Waals surface area contributed by atoms with Crippen molar-refractivity contribution in [3.63, 3.8) is 0 Å². The van der Waals surface area contributed by atoms with Crippen molar-refractivity contribution in [2.24, 2.45) is 5.10 Å². The van der Waals surface area contributed by atoms with Gasteiger partial charge in [0.2, 0.25) is 4.87 Å². The Kier molecular flexibility index (Phi) is 6.58. The third kappa shape index (κ3) is 3.80. The Hall–Kier alpha value is -2.76. The first-order chi connectivity index (χ1) is 15.6. The van der Waals surface area contributed by atoms with Crippen LogP contribution in [0.2, 0.25) is 0 Å². The van der Waals surface area contributed by atoms with Gasteiger partial charge in [0.15, 0.2) is 0 Å². The predicted octanol–water partition coefficient (Wildman–Crippen LogP) is 6.14. The summed E-state index contributed by atoms with van der Waals surface area (Å²) in [7, 11) is 0. The summed E-state index contributed by atoms with van der Waals surface area (Å²) in [6, 6.07) is 14.3. The van der Waals surface area contributed by atoms with Crippen LogP contribution in [0.5, 0.6) is 0 Å². The highest BCUT2D eigenvalue weighted by atomic mass is 35.5. The number of halogens is 1. The first-order valence-corrected chi connectivity index (χ1v) is 12.1. The van der Waals surface area contributed by atoms with Crippen molar-refractivity contribution in [1.82, 2.24) is 5.43 Å². The molecule has 1 atom stereocenters. The number of anilines is 1. The lowest BCUT2D eigenvalue weighted by atomic mass is 10.0. The van der Waals surface area contributed by atoms with Crippen LogP contribution in [0.4, 0.5) is 5.69 Å². The summed E-state index contributed by atoms with van der Waals surface area (Å²) in [5.74, 6) is 0.0300. The molecule has 0 saturated heterocycles. The van der Waals surface area contributed by atoms with E-state index >= 15 is 0 Å². The fraction of sp³-hybridized carbons (Fsp3) is 0.231. The number of hydrazone groups is 1. The maximum absolute atomic E-state index is 13.6. The largest absolute Gasteiger partial charge is 0.305 e. The van der Waals surface area contributed by atoms with Crippen molar-refractivity contribution in [1.29, 1.82) is 0 Å². The van der Waals surface area contributed by atoms with Gasteiger partial charge in [0, 0.05) is 24.1 Å². The van der Waals surface area contributed by atoms with E-state index in [4.69, 9.17) is 0 Å². The van der Waals surface area contributed by atoms with Crippen LogP contribution < -0.4 is 10.3 Å². The maximum Gasteiger partial charge on any atom is 0.270 e. The monoisotopic (exact) mass is 463 g/mol. The number of alkyl halides is 1. The summed E-state index contributed by atoms with van der Waals surface area (Å²) in [6.45, 7) is 4.66. The third-order valence-corrected chi connectivity index (χ3v) is 6.89. The quantitative estimate of drug-likeness (QED) is 0.439. The number of fused-ring (bicyclic) bond motifs is 3. The van der Waals surface area contributed by atoms with Crippen LogP contribution in [0.1, 0.15) is 42.5 Å². The molecule has 2 aliphatic heterocycles. The minimum absolute atomic E-state index is 0.0300. The van der Waals surface area contributed by atoms with Crippen molar-refractivity contribution >= 4 is 52.2 Å². The number of rotatable bonds is 3. The number of para-hydroxylation sites is 1. The van der Waals surface area contributed by atoms with E-state index in [2.05, 4.69) is 84.6 Å². The summed E-state index contributed by atoms with van der Waals surface area (Å²) in [4.78, 5) is 14.6. The number of nitrogens with zero attached hydrogens (tertiary/aromatic N) is 2. The van der Waals surface area contributed by atoms with Crippen LogP contribution in [-0.2, 0) is 9.67 Å². The number of thioether (sulfide) groups is 1. The number of nitrogens with one attached hydrogen (secondary N) is 1. The van der Waals surface area contributed by atoms with E-state index in [1.807, 2.05) is 29.2 Å². The molecule has 0 radical (unpaired) electrons. The Morgan fingerprint density at radius 3 is 2.75 bits per heavy atom. The van der Waals surface area contributed by atoms with Gasteiger partial charge in [0.05, 0.1) is 5.69 Å². The van der Waals surface area contributed by atoms with Crippen LogP contribution >= 0.6 is 23.4 Å². The molecule has 3 aliphatic rings. The molecule has 2 aromatic rings. The zero-order chi connectivity index (χ0) is 22.7. The average molecular weight is 464 g/mol. The number of allylic oxidation sites excluding steroid dienone is 3. The topological polar surface area (TPSA) is 44.7 Å². The third-order valence-electron chi connectivity index (χ3n) is 5.59. The first kappa shape index (κ1) is 22.4. The van der Waals surface area contributed by atoms with Crippen LogP contribution in [0, 0.1) is 0 Å². The lowest BCUT2D eigenvalue weighted by molar-refractivity contribution is -0.120. The van der Waals surface area contributed by atoms with Gasteiger partial charge in [-0.1, -0.05) is 84.1 Å². The normalized spacial score (nSPS) is 20.1. The number of carbonyl (C=O) groups is 1. The van der Waals surface area contributed by atoms with E-state index in [0.717, 1.165) is 33.8 Å². The molecule has 1 spiro atoms. The number of benzene rings is 2. The Morgan fingerprint density at radius 1 is 1.16 bits per heavy atom. The maximum atomic E-state index is 13.6. The van der Waals surface area contributed by atoms with Crippen LogP contribution in [0.25, 0.3) is 12.2 Å². The molecule has 164 valence electrons. The molecule has 1 amide bonds. The summed E-state index contributed by atoms with van der Waals surface area (Å²) < 4.78 is 0. The summed E-state index contributed by atoms with van der Waals surface area (Å²) >= 11 is 6.15. The van der Waals surface area contributed by atoms with Gasteiger partial charge in [-0.3, -0.25) is 10.2 Å². The lowest BCUT2D eigenvalue weighted by Crippen LogP contribution is -2.44. The highest BCUT2D eigenvalue weighted by Crippen LogP contribution is 2.51. The van der Waals surface area contributed by atoms with E-state index in [-0.39, 0.29) is 5.91 Å². The molecule has 1 unspecified atom stereocenters. The Morgan fingerprint density at radius 2 is 1.94 bits per heavy atom. The lowest BCUT2D eigenvalue weighted by Gasteiger charge is -2.22. The molecule has 0 aromatic heterocycles. The van der Waals surface area contributed by atoms with Gasteiger partial charge in [-0.05, 0) is 37.5 Å².